The van der Waals surface area contributed by atoms with Crippen LogP contribution < -0.4 is 19.1 Å². The van der Waals surface area contributed by atoms with Crippen molar-refractivity contribution in [1.29, 1.82) is 0 Å². The van der Waals surface area contributed by atoms with Gasteiger partial charge in [0, 0.05) is 46.8 Å². The highest BCUT2D eigenvalue weighted by Gasteiger charge is 2.50. The number of aryl methyl sites for hydroxylation is 1. The van der Waals surface area contributed by atoms with Gasteiger partial charge in [-0.15, -0.1) is 0 Å². The zero-order valence-corrected chi connectivity index (χ0v) is 29.8. The van der Waals surface area contributed by atoms with Gasteiger partial charge in [-0.3, -0.25) is 4.79 Å². The number of aliphatic hydroxyl groups is 1. The van der Waals surface area contributed by atoms with Gasteiger partial charge in [0.15, 0.2) is 0 Å². The fourth-order valence-electron chi connectivity index (χ4n) is 8.42. The molecule has 3 aromatic rings. The van der Waals surface area contributed by atoms with Crippen LogP contribution in [0, 0.1) is 17.8 Å². The molecule has 11 heteroatoms. The van der Waals surface area contributed by atoms with Gasteiger partial charge in [0.1, 0.15) is 11.4 Å². The van der Waals surface area contributed by atoms with Crippen molar-refractivity contribution < 1.29 is 27.8 Å². The maximum Gasteiger partial charge on any atom is 0.264 e. The number of sulfonamides is 1. The fraction of sp³-hybridized carbons (Fsp3) is 0.474. The molecule has 0 saturated heterocycles. The third-order valence-corrected chi connectivity index (χ3v) is 13.7. The maximum atomic E-state index is 13.5. The Labute approximate surface area is 293 Å². The molecule has 9 nitrogen and oxygen atoms in total. The molecule has 1 amide bonds. The number of hydrogen-bond acceptors (Lipinski definition) is 8. The number of halogens is 1. The van der Waals surface area contributed by atoms with Crippen LogP contribution in [0.3, 0.4) is 0 Å². The number of ether oxygens (including phenoxy) is 2. The fourth-order valence-corrected chi connectivity index (χ4v) is 9.90. The molecule has 1 aromatic heterocycles. The lowest BCUT2D eigenvalue weighted by molar-refractivity contribution is -0.0516. The number of hydrogen-bond donors (Lipinski definition) is 2. The van der Waals surface area contributed by atoms with Crippen LogP contribution in [-0.4, -0.2) is 56.5 Å². The van der Waals surface area contributed by atoms with E-state index in [2.05, 4.69) is 26.7 Å². The topological polar surface area (TPSA) is 118 Å². The summed E-state index contributed by atoms with van der Waals surface area (Å²) in [6.45, 7) is 5.12. The van der Waals surface area contributed by atoms with Crippen molar-refractivity contribution in [3.63, 3.8) is 0 Å². The average Bonchev–Trinajstić information content (AvgIpc) is 3.22. The Bertz CT molecular complexity index is 1900. The van der Waals surface area contributed by atoms with Gasteiger partial charge in [-0.2, -0.15) is 0 Å². The molecule has 1 spiro atoms. The van der Waals surface area contributed by atoms with E-state index in [4.69, 9.17) is 21.1 Å². The summed E-state index contributed by atoms with van der Waals surface area (Å²) in [7, 11) is -2.47. The van der Waals surface area contributed by atoms with Gasteiger partial charge in [-0.25, -0.2) is 18.1 Å². The summed E-state index contributed by atoms with van der Waals surface area (Å²) in [5, 5.41) is 12.6. The average molecular weight is 706 g/mol. The predicted octanol–water partition coefficient (Wildman–Crippen LogP) is 6.17. The molecular formula is C38H44ClN3O6S. The van der Waals surface area contributed by atoms with Gasteiger partial charge in [-0.05, 0) is 111 Å². The number of pyridine rings is 1. The Hall–Kier alpha value is -3.60. The summed E-state index contributed by atoms with van der Waals surface area (Å²) in [5.41, 5.74) is 2.27. The lowest BCUT2D eigenvalue weighted by atomic mass is 9.62. The van der Waals surface area contributed by atoms with E-state index in [0.717, 1.165) is 37.8 Å². The van der Waals surface area contributed by atoms with E-state index in [-0.39, 0.29) is 28.7 Å². The molecule has 0 radical (unpaired) electrons. The minimum atomic E-state index is -4.02. The number of aromatic nitrogens is 1. The van der Waals surface area contributed by atoms with Crippen molar-refractivity contribution in [1.82, 2.24) is 9.71 Å². The van der Waals surface area contributed by atoms with E-state index < -0.39 is 26.8 Å². The number of anilines is 1. The summed E-state index contributed by atoms with van der Waals surface area (Å²) in [4.78, 5) is 20.3. The van der Waals surface area contributed by atoms with Crippen molar-refractivity contribution >= 4 is 33.2 Å². The third kappa shape index (κ3) is 6.10. The standard InChI is InChI=1S/C38H44ClN3O6S/c1-24-7-4-17-38(44,32-9-6-18-40-36(32)47-3)31-13-10-28(31)21-42-22-37(16-5-8-26-19-29(39)12-14-30(26)37)23-48-34-15-11-27(20-33(34)42)35(43)41-49(45,46)25(24)2/h4,6,9,11-12,14-15,17-20,24-25,28,31,44H,5,7-8,10,13,16,21-23H2,1-3H3,(H,41,43)/b17-4+/t24-,25+,28-,31+,37-,38-/m0/s1. The molecule has 1 saturated carbocycles. The number of methoxy groups -OCH3 is 1. The number of carbonyl (C=O) groups is 1. The van der Waals surface area contributed by atoms with Crippen molar-refractivity contribution in [2.24, 2.45) is 17.8 Å². The van der Waals surface area contributed by atoms with Gasteiger partial charge in [0.25, 0.3) is 5.91 Å². The van der Waals surface area contributed by atoms with Crippen LogP contribution in [-0.2, 0) is 27.5 Å². The van der Waals surface area contributed by atoms with Gasteiger partial charge in [0.2, 0.25) is 15.9 Å². The number of fused-ring (bicyclic) bond motifs is 4. The number of benzene rings is 2. The number of amides is 1. The molecule has 4 aliphatic rings. The molecule has 7 rings (SSSR count). The number of rotatable bonds is 2. The second-order valence-corrected chi connectivity index (χ2v) is 16.9. The highest BCUT2D eigenvalue weighted by Crippen LogP contribution is 2.52. The predicted molar refractivity (Wildman–Crippen MR) is 190 cm³/mol. The second-order valence-electron chi connectivity index (χ2n) is 14.4. The Kier molecular flexibility index (Phi) is 8.94. The van der Waals surface area contributed by atoms with Crippen molar-refractivity contribution in [2.45, 2.75) is 68.6 Å². The molecule has 1 fully saturated rings. The first-order chi connectivity index (χ1) is 23.4. The minimum absolute atomic E-state index is 0.0814. The highest BCUT2D eigenvalue weighted by atomic mass is 35.5. The quantitative estimate of drug-likeness (QED) is 0.304. The Balaban J connectivity index is 1.36. The van der Waals surface area contributed by atoms with Crippen molar-refractivity contribution in [2.75, 3.05) is 31.7 Å². The number of carbonyl (C=O) groups excluding carboxylic acids is 1. The zero-order chi connectivity index (χ0) is 34.6. The third-order valence-electron chi connectivity index (χ3n) is 11.5. The van der Waals surface area contributed by atoms with Crippen LogP contribution in [0.4, 0.5) is 5.69 Å². The SMILES string of the molecule is COc1ncccc1[C@]1(O)/C=C/C[C@H](C)[C@@H](C)S(=O)(=O)NC(=O)c2ccc3c(c2)N(C[C@@H]2CC[C@H]21)C[C@@]1(CCCc2cc(Cl)ccc21)CO3. The summed E-state index contributed by atoms with van der Waals surface area (Å²) in [6.07, 6.45) is 10.2. The Morgan fingerprint density at radius 2 is 1.96 bits per heavy atom. The summed E-state index contributed by atoms with van der Waals surface area (Å²) < 4.78 is 41.5. The zero-order valence-electron chi connectivity index (χ0n) is 28.2. The van der Waals surface area contributed by atoms with Crippen LogP contribution in [0.2, 0.25) is 5.02 Å². The molecule has 2 aliphatic carbocycles. The summed E-state index contributed by atoms with van der Waals surface area (Å²) in [6, 6.07) is 15.0. The van der Waals surface area contributed by atoms with Crippen LogP contribution in [0.25, 0.3) is 0 Å². The van der Waals surface area contributed by atoms with Gasteiger partial charge < -0.3 is 19.5 Å². The van der Waals surface area contributed by atoms with E-state index in [1.54, 1.807) is 44.5 Å². The molecule has 49 heavy (non-hydrogen) atoms. The van der Waals surface area contributed by atoms with Crippen LogP contribution in [0.15, 0.2) is 66.9 Å². The molecule has 2 aliphatic heterocycles. The molecule has 260 valence electrons. The van der Waals surface area contributed by atoms with Gasteiger partial charge >= 0.3 is 0 Å². The van der Waals surface area contributed by atoms with Crippen molar-refractivity contribution in [3.8, 4) is 11.6 Å². The van der Waals surface area contributed by atoms with E-state index >= 15 is 0 Å². The lowest BCUT2D eigenvalue weighted by Gasteiger charge is -2.49. The smallest absolute Gasteiger partial charge is 0.264 e. The van der Waals surface area contributed by atoms with Gasteiger partial charge in [0.05, 0.1) is 24.7 Å². The first kappa shape index (κ1) is 33.9. The summed E-state index contributed by atoms with van der Waals surface area (Å²) in [5.74, 6) is -0.0965. The molecule has 2 bridgehead atoms. The number of nitrogens with zero attached hydrogens (tertiary/aromatic N) is 2. The second kappa shape index (κ2) is 12.9. The Morgan fingerprint density at radius 1 is 1.12 bits per heavy atom. The number of nitrogens with one attached hydrogen (secondary N) is 1. The van der Waals surface area contributed by atoms with Crippen LogP contribution in [0.5, 0.6) is 11.6 Å². The molecule has 3 heterocycles. The van der Waals surface area contributed by atoms with Crippen molar-refractivity contribution in [3.05, 3.63) is 94.2 Å². The maximum absolute atomic E-state index is 13.5. The highest BCUT2D eigenvalue weighted by molar-refractivity contribution is 7.90. The van der Waals surface area contributed by atoms with Crippen LogP contribution >= 0.6 is 11.6 Å². The lowest BCUT2D eigenvalue weighted by Crippen LogP contribution is -2.51. The van der Waals surface area contributed by atoms with E-state index in [0.29, 0.717) is 48.3 Å². The Morgan fingerprint density at radius 3 is 2.73 bits per heavy atom. The number of allylic oxidation sites excluding steroid dienone is 1. The normalized spacial score (nSPS) is 31.6. The van der Waals surface area contributed by atoms with Gasteiger partial charge in [-0.1, -0.05) is 36.7 Å². The minimum Gasteiger partial charge on any atom is -0.490 e. The van der Waals surface area contributed by atoms with E-state index in [1.807, 2.05) is 31.2 Å². The van der Waals surface area contributed by atoms with Crippen LogP contribution in [0.1, 0.15) is 73.0 Å². The largest absolute Gasteiger partial charge is 0.490 e. The first-order valence-electron chi connectivity index (χ1n) is 17.2. The van der Waals surface area contributed by atoms with E-state index in [1.165, 1.54) is 11.1 Å². The molecular weight excluding hydrogens is 662 g/mol. The summed E-state index contributed by atoms with van der Waals surface area (Å²) >= 11 is 6.45. The monoisotopic (exact) mass is 705 g/mol. The van der Waals surface area contributed by atoms with E-state index in [9.17, 15) is 18.3 Å². The molecule has 2 aromatic carbocycles. The molecule has 2 N–H and O–H groups in total. The molecule has 6 atom stereocenters. The first-order valence-corrected chi connectivity index (χ1v) is 19.1. The molecule has 0 unspecified atom stereocenters.